The molecule has 0 aromatic carbocycles. The van der Waals surface area contributed by atoms with Crippen molar-refractivity contribution in [2.75, 3.05) is 0 Å². The van der Waals surface area contributed by atoms with Crippen LogP contribution < -0.4 is 0 Å². The zero-order valence-electron chi connectivity index (χ0n) is 8.33. The summed E-state index contributed by atoms with van der Waals surface area (Å²) in [5, 5.41) is 0. The average Bonchev–Trinajstić information content (AvgIpc) is 2.31. The maximum Gasteiger partial charge on any atom is 0.272 e. The van der Waals surface area contributed by atoms with E-state index in [4.69, 9.17) is 9.47 Å². The largest absolute Gasteiger partial charge is 0.458 e. The first-order valence-electron chi connectivity index (χ1n) is 4.54. The van der Waals surface area contributed by atoms with Crippen molar-refractivity contribution >= 4 is 0 Å². The fourth-order valence-corrected chi connectivity index (χ4v) is 1.50. The van der Waals surface area contributed by atoms with E-state index in [9.17, 15) is 0 Å². The van der Waals surface area contributed by atoms with Gasteiger partial charge in [-0.3, -0.25) is 0 Å². The van der Waals surface area contributed by atoms with Gasteiger partial charge in [-0.15, -0.1) is 0 Å². The van der Waals surface area contributed by atoms with Crippen LogP contribution in [-0.2, 0) is 9.47 Å². The molecule has 0 spiro atoms. The second-order valence-electron chi connectivity index (χ2n) is 4.02. The third-order valence-corrected chi connectivity index (χ3v) is 2.17. The Bertz CT molecular complexity index is 155. The highest BCUT2D eigenvalue weighted by molar-refractivity contribution is 4.90. The molecule has 70 valence electrons. The fraction of sp³-hybridized carbons (Fsp3) is 0.800. The zero-order valence-corrected chi connectivity index (χ0v) is 8.33. The van der Waals surface area contributed by atoms with E-state index >= 15 is 0 Å². The SMILES string of the molecule is C=C1O[C@H](C(C)C)[C@H](C(C)C)O1. The highest BCUT2D eigenvalue weighted by atomic mass is 16.7. The van der Waals surface area contributed by atoms with Crippen molar-refractivity contribution < 1.29 is 9.47 Å². The van der Waals surface area contributed by atoms with E-state index < -0.39 is 0 Å². The second-order valence-corrected chi connectivity index (χ2v) is 4.02. The molecule has 2 atom stereocenters. The van der Waals surface area contributed by atoms with Gasteiger partial charge in [0.2, 0.25) is 0 Å². The Morgan fingerprint density at radius 1 is 1.00 bits per heavy atom. The molecule has 2 nitrogen and oxygen atoms in total. The van der Waals surface area contributed by atoms with Crippen LogP contribution in [-0.4, -0.2) is 12.2 Å². The Kier molecular flexibility index (Phi) is 2.65. The van der Waals surface area contributed by atoms with Crippen LogP contribution in [0.4, 0.5) is 0 Å². The molecule has 0 N–H and O–H groups in total. The topological polar surface area (TPSA) is 18.5 Å². The van der Waals surface area contributed by atoms with Crippen molar-refractivity contribution in [2.45, 2.75) is 39.9 Å². The Balaban J connectivity index is 2.65. The Hall–Kier alpha value is -0.660. The summed E-state index contributed by atoms with van der Waals surface area (Å²) in [6, 6.07) is 0. The normalized spacial score (nSPS) is 29.3. The van der Waals surface area contributed by atoms with Crippen molar-refractivity contribution in [3.63, 3.8) is 0 Å². The molecule has 0 unspecified atom stereocenters. The first kappa shape index (κ1) is 9.43. The van der Waals surface area contributed by atoms with Gasteiger partial charge < -0.3 is 9.47 Å². The van der Waals surface area contributed by atoms with Crippen LogP contribution in [0, 0.1) is 11.8 Å². The molecular formula is C10H18O2. The molecule has 0 saturated carbocycles. The van der Waals surface area contributed by atoms with Gasteiger partial charge in [-0.25, -0.2) is 0 Å². The van der Waals surface area contributed by atoms with Crippen molar-refractivity contribution in [3.8, 4) is 0 Å². The summed E-state index contributed by atoms with van der Waals surface area (Å²) >= 11 is 0. The molecule has 0 amide bonds. The molecule has 0 aromatic heterocycles. The minimum absolute atomic E-state index is 0.178. The lowest BCUT2D eigenvalue weighted by atomic mass is 9.94. The van der Waals surface area contributed by atoms with Crippen LogP contribution >= 0.6 is 0 Å². The number of hydrogen-bond acceptors (Lipinski definition) is 2. The van der Waals surface area contributed by atoms with Gasteiger partial charge >= 0.3 is 0 Å². The molecule has 12 heavy (non-hydrogen) atoms. The fourth-order valence-electron chi connectivity index (χ4n) is 1.50. The van der Waals surface area contributed by atoms with Crippen LogP contribution in [0.25, 0.3) is 0 Å². The molecule has 2 heteroatoms. The van der Waals surface area contributed by atoms with Gasteiger partial charge in [0.05, 0.1) is 0 Å². The summed E-state index contributed by atoms with van der Waals surface area (Å²) in [5.41, 5.74) is 0. The maximum absolute atomic E-state index is 5.48. The predicted molar refractivity (Wildman–Crippen MR) is 48.6 cm³/mol. The minimum Gasteiger partial charge on any atom is -0.458 e. The number of ether oxygens (including phenoxy) is 2. The van der Waals surface area contributed by atoms with Gasteiger partial charge in [0.25, 0.3) is 5.95 Å². The van der Waals surface area contributed by atoms with Crippen LogP contribution in [0.3, 0.4) is 0 Å². The smallest absolute Gasteiger partial charge is 0.272 e. The van der Waals surface area contributed by atoms with E-state index in [1.807, 2.05) is 0 Å². The molecule has 1 saturated heterocycles. The van der Waals surface area contributed by atoms with Crippen LogP contribution in [0.5, 0.6) is 0 Å². The van der Waals surface area contributed by atoms with Crippen molar-refractivity contribution in [1.82, 2.24) is 0 Å². The minimum atomic E-state index is 0.178. The van der Waals surface area contributed by atoms with Gasteiger partial charge in [-0.05, 0) is 18.4 Å². The van der Waals surface area contributed by atoms with Gasteiger partial charge in [-0.1, -0.05) is 27.7 Å². The van der Waals surface area contributed by atoms with Crippen molar-refractivity contribution in [1.29, 1.82) is 0 Å². The summed E-state index contributed by atoms with van der Waals surface area (Å²) in [6.45, 7) is 12.2. The standard InChI is InChI=1S/C10H18O2/c1-6(2)9-10(7(3)4)12-8(5)11-9/h6-7,9-10H,5H2,1-4H3/t9-,10+. The Morgan fingerprint density at radius 2 is 1.33 bits per heavy atom. The van der Waals surface area contributed by atoms with Crippen molar-refractivity contribution in [3.05, 3.63) is 12.5 Å². The third-order valence-electron chi connectivity index (χ3n) is 2.17. The lowest BCUT2D eigenvalue weighted by Crippen LogP contribution is -2.31. The van der Waals surface area contributed by atoms with E-state index in [1.54, 1.807) is 0 Å². The van der Waals surface area contributed by atoms with Gasteiger partial charge in [-0.2, -0.15) is 0 Å². The van der Waals surface area contributed by atoms with E-state index in [1.165, 1.54) is 0 Å². The molecule has 1 fully saturated rings. The zero-order chi connectivity index (χ0) is 9.30. The first-order chi connectivity index (χ1) is 5.52. The monoisotopic (exact) mass is 170 g/mol. The highest BCUT2D eigenvalue weighted by Crippen LogP contribution is 2.30. The second kappa shape index (κ2) is 3.38. The third kappa shape index (κ3) is 1.74. The number of rotatable bonds is 2. The molecular weight excluding hydrogens is 152 g/mol. The molecule has 0 radical (unpaired) electrons. The molecule has 0 aromatic rings. The van der Waals surface area contributed by atoms with E-state index in [0.29, 0.717) is 17.8 Å². The van der Waals surface area contributed by atoms with Gasteiger partial charge in [0, 0.05) is 0 Å². The maximum atomic E-state index is 5.48. The molecule has 0 aliphatic carbocycles. The first-order valence-corrected chi connectivity index (χ1v) is 4.54. The quantitative estimate of drug-likeness (QED) is 0.634. The summed E-state index contributed by atoms with van der Waals surface area (Å²) in [6.07, 6.45) is 0.356. The molecule has 0 bridgehead atoms. The van der Waals surface area contributed by atoms with Crippen molar-refractivity contribution in [2.24, 2.45) is 11.8 Å². The lowest BCUT2D eigenvalue weighted by molar-refractivity contribution is 0.0815. The summed E-state index contributed by atoms with van der Waals surface area (Å²) in [7, 11) is 0. The van der Waals surface area contributed by atoms with E-state index in [2.05, 4.69) is 34.3 Å². The average molecular weight is 170 g/mol. The summed E-state index contributed by atoms with van der Waals surface area (Å²) in [5.74, 6) is 1.45. The van der Waals surface area contributed by atoms with Gasteiger partial charge in [0.1, 0.15) is 12.2 Å². The highest BCUT2D eigenvalue weighted by Gasteiger charge is 2.37. The summed E-state index contributed by atoms with van der Waals surface area (Å²) in [4.78, 5) is 0. The Labute approximate surface area is 74.6 Å². The van der Waals surface area contributed by atoms with Crippen LogP contribution in [0.1, 0.15) is 27.7 Å². The number of hydrogen-bond donors (Lipinski definition) is 0. The molecule has 1 rings (SSSR count). The summed E-state index contributed by atoms with van der Waals surface area (Å²) < 4.78 is 11.0. The van der Waals surface area contributed by atoms with E-state index in [-0.39, 0.29) is 12.2 Å². The predicted octanol–water partition coefficient (Wildman–Crippen LogP) is 2.55. The Morgan fingerprint density at radius 3 is 1.58 bits per heavy atom. The van der Waals surface area contributed by atoms with Gasteiger partial charge in [0.15, 0.2) is 0 Å². The molecule has 1 heterocycles. The van der Waals surface area contributed by atoms with Crippen LogP contribution in [0.2, 0.25) is 0 Å². The van der Waals surface area contributed by atoms with Crippen LogP contribution in [0.15, 0.2) is 12.5 Å². The van der Waals surface area contributed by atoms with E-state index in [0.717, 1.165) is 0 Å². The molecule has 1 aliphatic heterocycles. The lowest BCUT2D eigenvalue weighted by Gasteiger charge is -2.21. The molecule has 1 aliphatic rings.